The van der Waals surface area contributed by atoms with Gasteiger partial charge in [-0.05, 0) is 37.3 Å². The van der Waals surface area contributed by atoms with E-state index in [1.54, 1.807) is 36.2 Å². The van der Waals surface area contributed by atoms with Crippen molar-refractivity contribution in [2.24, 2.45) is 11.1 Å². The normalized spacial score (nSPS) is 21.7. The first-order valence-electron chi connectivity index (χ1n) is 9.86. The van der Waals surface area contributed by atoms with Crippen LogP contribution in [0, 0.1) is 5.41 Å². The lowest BCUT2D eigenvalue weighted by Gasteiger charge is -2.57. The Balaban J connectivity index is 0.00000320. The second-order valence-electron chi connectivity index (χ2n) is 8.08. The number of carbonyl (C=O) groups is 2. The van der Waals surface area contributed by atoms with Crippen molar-refractivity contribution in [1.82, 2.24) is 0 Å². The van der Waals surface area contributed by atoms with Crippen LogP contribution in [0.5, 0.6) is 0 Å². The van der Waals surface area contributed by atoms with E-state index in [1.165, 1.54) is 0 Å². The first kappa shape index (κ1) is 23.9. The summed E-state index contributed by atoms with van der Waals surface area (Å²) in [5, 5.41) is 2.89. The Kier molecular flexibility index (Phi) is 7.29. The van der Waals surface area contributed by atoms with E-state index in [0.717, 1.165) is 5.69 Å². The fraction of sp³-hybridized carbons (Fsp3) is 0.391. The van der Waals surface area contributed by atoms with Crippen LogP contribution in [0.3, 0.4) is 0 Å². The molecule has 2 amide bonds. The Morgan fingerprint density at radius 2 is 1.83 bits per heavy atom. The summed E-state index contributed by atoms with van der Waals surface area (Å²) >= 11 is 0. The van der Waals surface area contributed by atoms with Crippen molar-refractivity contribution in [3.63, 3.8) is 0 Å². The van der Waals surface area contributed by atoms with Gasteiger partial charge in [-0.1, -0.05) is 38.1 Å². The molecule has 162 valence electrons. The molecule has 0 saturated heterocycles. The quantitative estimate of drug-likeness (QED) is 0.727. The van der Waals surface area contributed by atoms with Gasteiger partial charge in [-0.2, -0.15) is 0 Å². The number of rotatable bonds is 6. The molecule has 30 heavy (non-hydrogen) atoms. The number of nitrogens with one attached hydrogen (secondary N) is 1. The van der Waals surface area contributed by atoms with E-state index in [2.05, 4.69) is 5.32 Å². The number of benzene rings is 2. The van der Waals surface area contributed by atoms with Gasteiger partial charge >= 0.3 is 0 Å². The molecule has 0 heterocycles. The third kappa shape index (κ3) is 4.21. The van der Waals surface area contributed by atoms with Crippen molar-refractivity contribution >= 4 is 35.6 Å². The van der Waals surface area contributed by atoms with Gasteiger partial charge in [0.1, 0.15) is 5.54 Å². The largest absolute Gasteiger partial charge is 0.378 e. The number of carbonyl (C=O) groups excluding carboxylic acids is 2. The lowest BCUT2D eigenvalue weighted by molar-refractivity contribution is -0.166. The van der Waals surface area contributed by atoms with Crippen LogP contribution in [0.15, 0.2) is 54.6 Å². The second-order valence-corrected chi connectivity index (χ2v) is 8.08. The van der Waals surface area contributed by atoms with Crippen LogP contribution < -0.4 is 16.0 Å². The smallest absolute Gasteiger partial charge is 0.258 e. The van der Waals surface area contributed by atoms with Gasteiger partial charge in [0.05, 0.1) is 6.10 Å². The molecule has 2 aromatic rings. The minimum atomic E-state index is -1.02. The van der Waals surface area contributed by atoms with E-state index >= 15 is 0 Å². The molecule has 1 saturated carbocycles. The average Bonchev–Trinajstić information content (AvgIpc) is 2.73. The Morgan fingerprint density at radius 1 is 1.17 bits per heavy atom. The number of halogens is 1. The molecule has 2 atom stereocenters. The summed E-state index contributed by atoms with van der Waals surface area (Å²) in [5.74, 6) is -0.422. The lowest BCUT2D eigenvalue weighted by Crippen LogP contribution is -2.74. The van der Waals surface area contributed by atoms with Crippen LogP contribution in [0.1, 0.15) is 37.6 Å². The molecule has 0 aliphatic heterocycles. The predicted molar refractivity (Wildman–Crippen MR) is 122 cm³/mol. The summed E-state index contributed by atoms with van der Waals surface area (Å²) in [6.45, 7) is 6.42. The van der Waals surface area contributed by atoms with Gasteiger partial charge in [-0.25, -0.2) is 0 Å². The topological polar surface area (TPSA) is 84.7 Å². The van der Waals surface area contributed by atoms with Crippen LogP contribution in [-0.2, 0) is 9.53 Å². The van der Waals surface area contributed by atoms with Crippen LogP contribution in [0.4, 0.5) is 11.4 Å². The van der Waals surface area contributed by atoms with Crippen molar-refractivity contribution in [3.8, 4) is 0 Å². The van der Waals surface area contributed by atoms with Crippen LogP contribution in [0.25, 0.3) is 0 Å². The summed E-state index contributed by atoms with van der Waals surface area (Å²) in [7, 11) is 1.72. The molecule has 2 unspecified atom stereocenters. The maximum absolute atomic E-state index is 12.9. The summed E-state index contributed by atoms with van der Waals surface area (Å²) in [6.07, 6.45) is 0.422. The van der Waals surface area contributed by atoms with Crippen molar-refractivity contribution < 1.29 is 14.3 Å². The van der Waals surface area contributed by atoms with Gasteiger partial charge in [0, 0.05) is 42.4 Å². The fourth-order valence-corrected chi connectivity index (χ4v) is 3.76. The highest BCUT2D eigenvalue weighted by atomic mass is 35.5. The maximum Gasteiger partial charge on any atom is 0.258 e. The molecule has 7 heteroatoms. The number of hydrogen-bond donors (Lipinski definition) is 2. The van der Waals surface area contributed by atoms with Gasteiger partial charge < -0.3 is 20.7 Å². The average molecular weight is 432 g/mol. The van der Waals surface area contributed by atoms with E-state index in [-0.39, 0.29) is 30.3 Å². The maximum atomic E-state index is 12.9. The molecule has 1 aliphatic carbocycles. The van der Waals surface area contributed by atoms with E-state index < -0.39 is 11.0 Å². The zero-order valence-electron chi connectivity index (χ0n) is 17.8. The molecular formula is C23H30ClN3O3. The van der Waals surface area contributed by atoms with Crippen molar-refractivity contribution in [2.45, 2.75) is 38.8 Å². The SMILES string of the molecule is CCOC1CC(N)(C(=O)Nc2cccc(C(=O)N(C)c3ccccc3)c2)C1(C)C.Cl. The molecule has 2 aromatic carbocycles. The minimum absolute atomic E-state index is 0. The van der Waals surface area contributed by atoms with E-state index in [9.17, 15) is 9.59 Å². The van der Waals surface area contributed by atoms with E-state index in [4.69, 9.17) is 10.5 Å². The Labute approximate surface area is 184 Å². The number of amides is 2. The zero-order valence-corrected chi connectivity index (χ0v) is 18.7. The highest BCUT2D eigenvalue weighted by Crippen LogP contribution is 2.50. The molecule has 0 bridgehead atoms. The number of anilines is 2. The third-order valence-corrected chi connectivity index (χ3v) is 6.05. The minimum Gasteiger partial charge on any atom is -0.378 e. The summed E-state index contributed by atoms with van der Waals surface area (Å²) in [5.41, 5.74) is 6.78. The van der Waals surface area contributed by atoms with Crippen LogP contribution >= 0.6 is 12.4 Å². The number of ether oxygens (including phenoxy) is 1. The van der Waals surface area contributed by atoms with E-state index in [0.29, 0.717) is 24.3 Å². The Morgan fingerprint density at radius 3 is 2.43 bits per heavy atom. The van der Waals surface area contributed by atoms with Gasteiger partial charge in [-0.15, -0.1) is 12.4 Å². The number of para-hydroxylation sites is 1. The molecule has 0 aromatic heterocycles. The lowest BCUT2D eigenvalue weighted by atomic mass is 9.54. The van der Waals surface area contributed by atoms with Crippen LogP contribution in [-0.4, -0.2) is 37.1 Å². The number of nitrogens with zero attached hydrogens (tertiary/aromatic N) is 1. The third-order valence-electron chi connectivity index (χ3n) is 6.05. The molecule has 3 N–H and O–H groups in total. The molecule has 3 rings (SSSR count). The van der Waals surface area contributed by atoms with E-state index in [1.807, 2.05) is 51.1 Å². The van der Waals surface area contributed by atoms with Gasteiger partial charge in [-0.3, -0.25) is 9.59 Å². The van der Waals surface area contributed by atoms with Crippen molar-refractivity contribution in [3.05, 3.63) is 60.2 Å². The Hall–Kier alpha value is -2.41. The highest BCUT2D eigenvalue weighted by Gasteiger charge is 2.62. The molecule has 6 nitrogen and oxygen atoms in total. The zero-order chi connectivity index (χ0) is 21.2. The summed E-state index contributed by atoms with van der Waals surface area (Å²) in [6, 6.07) is 16.3. The molecule has 1 fully saturated rings. The molecule has 1 aliphatic rings. The van der Waals surface area contributed by atoms with Crippen LogP contribution in [0.2, 0.25) is 0 Å². The highest BCUT2D eigenvalue weighted by molar-refractivity contribution is 6.07. The number of hydrogen-bond acceptors (Lipinski definition) is 4. The van der Waals surface area contributed by atoms with Gasteiger partial charge in [0.15, 0.2) is 0 Å². The van der Waals surface area contributed by atoms with Gasteiger partial charge in [0.2, 0.25) is 5.91 Å². The monoisotopic (exact) mass is 431 g/mol. The second kappa shape index (κ2) is 9.16. The van der Waals surface area contributed by atoms with Gasteiger partial charge in [0.25, 0.3) is 5.91 Å². The molecule has 0 radical (unpaired) electrons. The summed E-state index contributed by atoms with van der Waals surface area (Å²) in [4.78, 5) is 27.3. The standard InChI is InChI=1S/C23H29N3O3.ClH/c1-5-29-19-15-23(24,22(19,2)3)21(28)25-17-11-9-10-16(14-17)20(27)26(4)18-12-7-6-8-13-18;/h6-14,19H,5,15,24H2,1-4H3,(H,25,28);1H. The Bertz CT molecular complexity index is 904. The fourth-order valence-electron chi connectivity index (χ4n) is 3.76. The first-order chi connectivity index (χ1) is 13.7. The van der Waals surface area contributed by atoms with Crippen molar-refractivity contribution in [1.29, 1.82) is 0 Å². The first-order valence-corrected chi connectivity index (χ1v) is 9.86. The predicted octanol–water partition coefficient (Wildman–Crippen LogP) is 3.86. The van der Waals surface area contributed by atoms with Crippen molar-refractivity contribution in [2.75, 3.05) is 23.9 Å². The number of nitrogens with two attached hydrogens (primary N) is 1. The molecule has 0 spiro atoms. The summed E-state index contributed by atoms with van der Waals surface area (Å²) < 4.78 is 5.70. The molecular weight excluding hydrogens is 402 g/mol.